The van der Waals surface area contributed by atoms with Gasteiger partial charge < -0.3 is 35.7 Å². The number of nitrogens with one attached hydrogen (secondary N) is 3. The molecule has 262 valence electrons. The van der Waals surface area contributed by atoms with E-state index in [4.69, 9.17) is 25.9 Å². The van der Waals surface area contributed by atoms with Crippen molar-refractivity contribution in [1.29, 1.82) is 0 Å². The number of primary amides is 1. The predicted molar refractivity (Wildman–Crippen MR) is 193 cm³/mol. The molecular weight excluding hydrogens is 652 g/mol. The fraction of sp³-hybridized carbons (Fsp3) is 0.514. The van der Waals surface area contributed by atoms with Crippen LogP contribution in [0.5, 0.6) is 5.75 Å². The Bertz CT molecular complexity index is 1620. The van der Waals surface area contributed by atoms with Crippen molar-refractivity contribution >= 4 is 56.2 Å². The molecule has 1 aliphatic carbocycles. The summed E-state index contributed by atoms with van der Waals surface area (Å²) in [7, 11) is -2.88. The highest BCUT2D eigenvalue weighted by atomic mass is 35.5. The molecule has 0 radical (unpaired) electrons. The normalized spacial score (nSPS) is 21.0. The van der Waals surface area contributed by atoms with Gasteiger partial charge in [0.15, 0.2) is 0 Å². The summed E-state index contributed by atoms with van der Waals surface area (Å²) in [6.07, 6.45) is 7.76. The lowest BCUT2D eigenvalue weighted by atomic mass is 9.95. The summed E-state index contributed by atoms with van der Waals surface area (Å²) in [6, 6.07) is 14.1. The molecule has 2 aliphatic heterocycles. The summed E-state index contributed by atoms with van der Waals surface area (Å²) >= 11 is 6.69. The fourth-order valence-corrected chi connectivity index (χ4v) is 9.26. The Morgan fingerprint density at radius 2 is 1.83 bits per heavy atom. The van der Waals surface area contributed by atoms with Crippen molar-refractivity contribution in [2.75, 3.05) is 51.3 Å². The average molecular weight is 701 g/mol. The maximum Gasteiger partial charge on any atom is 0.317 e. The molecule has 1 saturated carbocycles. The monoisotopic (exact) mass is 700 g/mol. The van der Waals surface area contributed by atoms with Gasteiger partial charge in [-0.15, -0.1) is 0 Å². The molecule has 5 N–H and O–H groups in total. The maximum absolute atomic E-state index is 14.7. The second kappa shape index (κ2) is 16.8. The largest absolute Gasteiger partial charge is 0.493 e. The van der Waals surface area contributed by atoms with Gasteiger partial charge in [-0.05, 0) is 62.7 Å². The Morgan fingerprint density at radius 1 is 1.12 bits per heavy atom. The van der Waals surface area contributed by atoms with E-state index in [-0.39, 0.29) is 24.4 Å². The Kier molecular flexibility index (Phi) is 12.5. The van der Waals surface area contributed by atoms with Crippen molar-refractivity contribution in [3.63, 3.8) is 0 Å². The first-order chi connectivity index (χ1) is 23.2. The number of likely N-dealkylation sites (tertiary alicyclic amines) is 1. The van der Waals surface area contributed by atoms with Crippen LogP contribution < -0.4 is 21.1 Å². The maximum atomic E-state index is 14.7. The standard InChI is InChI=1S/C34H46ClN5O4S.CH3NO/c1-24-33(45(2,42)40-17-18-43-22-25(21-40)23-44-29-11-7-4-8-12-29)30-19-26(35)20-31(32(30)36-24)37-28-13-15-39(16-14-28)34(41)38-27-9-5-3-6-10-27;2-1-3/h4,7-8,11-12,19-20,25,27-28,36-37H,2-3,5-6,9-10,13-18,21-23H2,1H3,(H,38,41);1H,(H2,2,3). The van der Waals surface area contributed by atoms with Gasteiger partial charge >= 0.3 is 6.03 Å². The van der Waals surface area contributed by atoms with Crippen molar-refractivity contribution in [2.45, 2.75) is 68.8 Å². The molecule has 3 fully saturated rings. The van der Waals surface area contributed by atoms with Crippen LogP contribution in [-0.4, -0.2) is 94.8 Å². The topological polar surface area (TPSA) is 142 Å². The Labute approximate surface area is 289 Å². The van der Waals surface area contributed by atoms with Gasteiger partial charge in [0.1, 0.15) is 5.75 Å². The van der Waals surface area contributed by atoms with Crippen LogP contribution in [0.1, 0.15) is 50.6 Å². The molecule has 0 spiro atoms. The predicted octanol–water partition coefficient (Wildman–Crippen LogP) is 5.17. The number of halogens is 1. The molecule has 2 unspecified atom stereocenters. The van der Waals surface area contributed by atoms with Crippen LogP contribution in [0.15, 0.2) is 47.4 Å². The molecular formula is C35H49ClN6O5S. The van der Waals surface area contributed by atoms with E-state index in [0.29, 0.717) is 62.0 Å². The van der Waals surface area contributed by atoms with Gasteiger partial charge in [-0.2, -0.15) is 0 Å². The SMILES string of the molecule is C=S(=O)(c1c(C)[nH]c2c(NC3CCN(C(=O)NC4CCCCC4)CC3)cc(Cl)cc12)N1CCOCC(COc2ccccc2)C1.NC=O. The number of rotatable bonds is 8. The van der Waals surface area contributed by atoms with E-state index < -0.39 is 9.71 Å². The number of benzene rings is 2. The Morgan fingerprint density at radius 3 is 2.54 bits per heavy atom. The van der Waals surface area contributed by atoms with Crippen LogP contribution in [0.4, 0.5) is 10.5 Å². The number of nitrogens with two attached hydrogens (primary N) is 1. The van der Waals surface area contributed by atoms with E-state index in [1.807, 2.05) is 58.6 Å². The number of hydrogen-bond donors (Lipinski definition) is 4. The van der Waals surface area contributed by atoms with Crippen LogP contribution in [0.3, 0.4) is 0 Å². The van der Waals surface area contributed by atoms with Gasteiger partial charge in [0.05, 0.1) is 45.6 Å². The van der Waals surface area contributed by atoms with Crippen LogP contribution in [0, 0.1) is 12.8 Å². The van der Waals surface area contributed by atoms with Crippen LogP contribution in [-0.2, 0) is 19.2 Å². The Balaban J connectivity index is 0.00000145. The molecule has 3 amide bonds. The number of fused-ring (bicyclic) bond motifs is 1. The minimum atomic E-state index is -2.88. The summed E-state index contributed by atoms with van der Waals surface area (Å²) in [4.78, 5) is 27.6. The van der Waals surface area contributed by atoms with Crippen molar-refractivity contribution in [2.24, 2.45) is 11.7 Å². The van der Waals surface area contributed by atoms with Gasteiger partial charge in [0, 0.05) is 60.3 Å². The number of H-pyrrole nitrogens is 1. The number of carbonyl (C=O) groups excluding carboxylic acids is 2. The molecule has 2 saturated heterocycles. The molecule has 6 rings (SSSR count). The van der Waals surface area contributed by atoms with Gasteiger partial charge in [0.25, 0.3) is 0 Å². The van der Waals surface area contributed by atoms with Gasteiger partial charge in [-0.3, -0.25) is 4.79 Å². The first-order valence-corrected chi connectivity index (χ1v) is 18.9. The molecule has 2 aromatic carbocycles. The second-order valence-corrected chi connectivity index (χ2v) is 15.5. The van der Waals surface area contributed by atoms with E-state index in [0.717, 1.165) is 53.7 Å². The van der Waals surface area contributed by atoms with Crippen molar-refractivity contribution in [3.8, 4) is 5.75 Å². The van der Waals surface area contributed by atoms with Crippen molar-refractivity contribution in [3.05, 3.63) is 53.2 Å². The highest BCUT2D eigenvalue weighted by Crippen LogP contribution is 2.37. The first kappa shape index (κ1) is 35.8. The van der Waals surface area contributed by atoms with E-state index in [2.05, 4.69) is 27.2 Å². The summed E-state index contributed by atoms with van der Waals surface area (Å²) < 4.78 is 28.5. The number of ether oxygens (including phenoxy) is 2. The third kappa shape index (κ3) is 8.96. The number of aromatic amines is 1. The number of piperidine rings is 1. The van der Waals surface area contributed by atoms with E-state index in [1.54, 1.807) is 0 Å². The second-order valence-electron chi connectivity index (χ2n) is 12.9. The molecule has 0 bridgehead atoms. The number of para-hydroxylation sites is 1. The zero-order valence-corrected chi connectivity index (χ0v) is 29.3. The molecule has 3 aliphatic rings. The lowest BCUT2D eigenvalue weighted by Gasteiger charge is -2.34. The molecule has 2 atom stereocenters. The summed E-state index contributed by atoms with van der Waals surface area (Å²) in [5.74, 6) is 5.16. The smallest absolute Gasteiger partial charge is 0.317 e. The number of urea groups is 1. The van der Waals surface area contributed by atoms with Crippen LogP contribution in [0.25, 0.3) is 10.9 Å². The number of aryl methyl sites for hydroxylation is 1. The lowest BCUT2D eigenvalue weighted by molar-refractivity contribution is -0.106. The van der Waals surface area contributed by atoms with Gasteiger partial charge in [0.2, 0.25) is 6.41 Å². The van der Waals surface area contributed by atoms with Crippen molar-refractivity contribution in [1.82, 2.24) is 19.5 Å². The van der Waals surface area contributed by atoms with Crippen LogP contribution in [0.2, 0.25) is 5.02 Å². The van der Waals surface area contributed by atoms with E-state index in [9.17, 15) is 9.00 Å². The first-order valence-electron chi connectivity index (χ1n) is 16.9. The van der Waals surface area contributed by atoms with Gasteiger partial charge in [-0.1, -0.05) is 49.1 Å². The number of hydrogen-bond acceptors (Lipinski definition) is 6. The summed E-state index contributed by atoms with van der Waals surface area (Å²) in [5.41, 5.74) is 6.73. The van der Waals surface area contributed by atoms with E-state index >= 15 is 0 Å². The highest BCUT2D eigenvalue weighted by Gasteiger charge is 2.30. The van der Waals surface area contributed by atoms with Crippen LogP contribution >= 0.6 is 11.6 Å². The number of anilines is 1. The fourth-order valence-electron chi connectivity index (χ4n) is 6.93. The van der Waals surface area contributed by atoms with Gasteiger partial charge in [-0.25, -0.2) is 13.3 Å². The third-order valence-corrected chi connectivity index (χ3v) is 11.9. The third-order valence-electron chi connectivity index (χ3n) is 9.34. The summed E-state index contributed by atoms with van der Waals surface area (Å²) in [5, 5.41) is 8.32. The number of carbonyl (C=O) groups is 2. The number of nitrogens with zero attached hydrogens (tertiary/aromatic N) is 2. The zero-order chi connectivity index (χ0) is 34.1. The molecule has 1 aromatic heterocycles. The molecule has 11 nitrogen and oxygen atoms in total. The zero-order valence-electron chi connectivity index (χ0n) is 27.8. The average Bonchev–Trinajstić information content (AvgIpc) is 3.24. The Hall–Kier alpha value is -3.45. The minimum absolute atomic E-state index is 0.0391. The molecule has 3 aromatic rings. The minimum Gasteiger partial charge on any atom is -0.493 e. The quantitative estimate of drug-likeness (QED) is 0.189. The van der Waals surface area contributed by atoms with Crippen molar-refractivity contribution < 1.29 is 23.3 Å². The lowest BCUT2D eigenvalue weighted by Crippen LogP contribution is -2.49. The number of amides is 3. The summed E-state index contributed by atoms with van der Waals surface area (Å²) in [6.45, 7) is 5.87. The molecule has 13 heteroatoms. The number of aromatic nitrogens is 1. The van der Waals surface area contributed by atoms with E-state index in [1.165, 1.54) is 19.3 Å². The molecule has 48 heavy (non-hydrogen) atoms. The molecule has 3 heterocycles. The highest BCUT2D eigenvalue weighted by molar-refractivity contribution is 7.98.